The Balaban J connectivity index is -0.00000000500. The van der Waals surface area contributed by atoms with Crippen LogP contribution in [-0.2, 0) is 4.46 Å². The van der Waals surface area contributed by atoms with E-state index in [0.717, 1.165) is 0 Å². The van der Waals surface area contributed by atoms with E-state index in [-0.39, 0.29) is 29.8 Å². The van der Waals surface area contributed by atoms with Gasteiger partial charge >= 0.3 is 10.1 Å². The van der Waals surface area contributed by atoms with Crippen LogP contribution < -0.4 is 0 Å². The van der Waals surface area contributed by atoms with Crippen molar-refractivity contribution in [1.82, 2.24) is 0 Å². The maximum atomic E-state index is 8.06. The smallest absolute Gasteiger partial charge is 0.381 e. The third-order valence-electron chi connectivity index (χ3n) is 0. The molecule has 4 heavy (non-hydrogen) atoms. The van der Waals surface area contributed by atoms with Crippen LogP contribution in [-0.4, -0.2) is 40.0 Å². The summed E-state index contributed by atoms with van der Waals surface area (Å²) in [5, 5.41) is 0. The third-order valence-corrected chi connectivity index (χ3v) is 0. The summed E-state index contributed by atoms with van der Waals surface area (Å²) in [6.45, 7) is 0. The minimum atomic E-state index is 0. The predicted octanol–water partition coefficient (Wildman–Crippen LogP) is -1.26. The number of rotatable bonds is 0. The van der Waals surface area contributed by atoms with E-state index in [0.29, 0.717) is 0 Å². The first-order chi connectivity index (χ1) is 1.00. The molecule has 0 fully saturated rings. The first kappa shape index (κ1) is 21.1. The van der Waals surface area contributed by atoms with Gasteiger partial charge in [0.15, 0.2) is 0 Å². The Morgan fingerprint density at radius 3 is 1.25 bits per heavy atom. The zero-order valence-corrected chi connectivity index (χ0v) is 4.41. The average Bonchev–Trinajstić information content (AvgIpc) is 1.00. The molecule has 0 aliphatic heterocycles. The predicted molar refractivity (Wildman–Crippen MR) is 17.9 cm³/mol. The topological polar surface area (TPSA) is 17.1 Å². The molecule has 0 unspecified atom stereocenters. The normalized spacial score (nSPS) is 1.00. The SMILES string of the molecule is O=[Si].[Li].[Si]. The van der Waals surface area contributed by atoms with Gasteiger partial charge in [0.2, 0.25) is 0 Å². The Kier molecular flexibility index (Phi) is 235. The molecule has 0 aliphatic rings. The van der Waals surface area contributed by atoms with Crippen LogP contribution in [0.3, 0.4) is 0 Å². The minimum Gasteiger partial charge on any atom is -0.381 e. The summed E-state index contributed by atoms with van der Waals surface area (Å²) in [5.41, 5.74) is 0. The van der Waals surface area contributed by atoms with Gasteiger partial charge < -0.3 is 4.46 Å². The van der Waals surface area contributed by atoms with Gasteiger partial charge in [0.1, 0.15) is 0 Å². The standard InChI is InChI=1S/Li.OSi.Si/c;1-2;. The Labute approximate surface area is 44.8 Å². The summed E-state index contributed by atoms with van der Waals surface area (Å²) in [6, 6.07) is 0. The van der Waals surface area contributed by atoms with Crippen molar-refractivity contribution in [2.24, 2.45) is 0 Å². The van der Waals surface area contributed by atoms with E-state index in [1.54, 1.807) is 10.1 Å². The Morgan fingerprint density at radius 1 is 1.25 bits per heavy atom. The van der Waals surface area contributed by atoms with Crippen LogP contribution in [0.5, 0.6) is 0 Å². The second kappa shape index (κ2) is 44.5. The van der Waals surface area contributed by atoms with Crippen LogP contribution in [0.4, 0.5) is 0 Å². The maximum Gasteiger partial charge on any atom is 0.381 e. The van der Waals surface area contributed by atoms with Gasteiger partial charge in [-0.3, -0.25) is 0 Å². The second-order valence-corrected chi connectivity index (χ2v) is 0. The summed E-state index contributed by atoms with van der Waals surface area (Å²) >= 11 is 0. The molecule has 0 aromatic carbocycles. The molecular weight excluding hydrogens is 79.1 g/mol. The van der Waals surface area contributed by atoms with Gasteiger partial charge in [0.05, 0.1) is 0 Å². The largest absolute Gasteiger partial charge is 0.381 e. The van der Waals surface area contributed by atoms with Crippen LogP contribution in [0.2, 0.25) is 0 Å². The fourth-order valence-electron chi connectivity index (χ4n) is 0. The minimum absolute atomic E-state index is 0. The molecule has 15 valence electrons. The number of hydrogen-bond acceptors (Lipinski definition) is 1. The van der Waals surface area contributed by atoms with Crippen molar-refractivity contribution < 1.29 is 4.46 Å². The molecule has 0 saturated heterocycles. The maximum absolute atomic E-state index is 8.06. The summed E-state index contributed by atoms with van der Waals surface area (Å²) in [7, 11) is 1.72. The zero-order chi connectivity index (χ0) is 2.00. The van der Waals surface area contributed by atoms with Gasteiger partial charge in [-0.1, -0.05) is 0 Å². The van der Waals surface area contributed by atoms with E-state index in [1.165, 1.54) is 0 Å². The van der Waals surface area contributed by atoms with E-state index < -0.39 is 0 Å². The van der Waals surface area contributed by atoms with Crippen molar-refractivity contribution in [2.45, 2.75) is 0 Å². The summed E-state index contributed by atoms with van der Waals surface area (Å²) < 4.78 is 8.06. The van der Waals surface area contributed by atoms with Gasteiger partial charge in [0, 0.05) is 29.8 Å². The van der Waals surface area contributed by atoms with E-state index in [1.807, 2.05) is 0 Å². The van der Waals surface area contributed by atoms with Crippen molar-refractivity contribution in [3.05, 3.63) is 0 Å². The molecule has 0 saturated carbocycles. The molecule has 4 heteroatoms. The summed E-state index contributed by atoms with van der Waals surface area (Å²) in [5.74, 6) is 0. The van der Waals surface area contributed by atoms with Gasteiger partial charge in [-0.05, 0) is 0 Å². The van der Waals surface area contributed by atoms with Crippen molar-refractivity contribution in [3.8, 4) is 0 Å². The monoisotopic (exact) mass is 79.0 g/mol. The van der Waals surface area contributed by atoms with Gasteiger partial charge in [-0.15, -0.1) is 0 Å². The molecule has 0 aliphatic carbocycles. The molecular formula is LiOSi2. The van der Waals surface area contributed by atoms with Gasteiger partial charge in [-0.2, -0.15) is 0 Å². The molecule has 0 aromatic heterocycles. The van der Waals surface area contributed by atoms with Crippen molar-refractivity contribution in [2.75, 3.05) is 0 Å². The average molecular weight is 79.1 g/mol. The third kappa shape index (κ3) is 13.7. The quantitative estimate of drug-likeness (QED) is 0.331. The Morgan fingerprint density at radius 2 is 1.25 bits per heavy atom. The van der Waals surface area contributed by atoms with Crippen molar-refractivity contribution in [1.29, 1.82) is 0 Å². The molecule has 0 heterocycles. The van der Waals surface area contributed by atoms with Crippen molar-refractivity contribution in [3.63, 3.8) is 0 Å². The molecule has 0 N–H and O–H groups in total. The number of hydrogen-bond donors (Lipinski definition) is 0. The second-order valence-electron chi connectivity index (χ2n) is 0. The molecule has 0 atom stereocenters. The van der Waals surface area contributed by atoms with Crippen LogP contribution in [0.25, 0.3) is 0 Å². The summed E-state index contributed by atoms with van der Waals surface area (Å²) in [4.78, 5) is 0. The van der Waals surface area contributed by atoms with Gasteiger partial charge in [-0.25, -0.2) is 0 Å². The molecule has 0 aromatic rings. The van der Waals surface area contributed by atoms with Gasteiger partial charge in [0.25, 0.3) is 0 Å². The molecule has 7 radical (unpaired) electrons. The molecule has 0 rings (SSSR count). The van der Waals surface area contributed by atoms with E-state index in [4.69, 9.17) is 4.46 Å². The first-order valence-electron chi connectivity index (χ1n) is 0.204. The van der Waals surface area contributed by atoms with Crippen LogP contribution in [0.1, 0.15) is 0 Å². The molecule has 0 bridgehead atoms. The molecule has 0 spiro atoms. The zero-order valence-electron chi connectivity index (χ0n) is 2.41. The Hall–Kier alpha value is 0.831. The molecule has 0 amide bonds. The van der Waals surface area contributed by atoms with E-state index >= 15 is 0 Å². The van der Waals surface area contributed by atoms with E-state index in [2.05, 4.69) is 0 Å². The fourth-order valence-corrected chi connectivity index (χ4v) is 0. The fraction of sp³-hybridized carbons (Fsp3) is 0. The van der Waals surface area contributed by atoms with E-state index in [9.17, 15) is 0 Å². The first-order valence-corrected chi connectivity index (χ1v) is 0.612. The molecule has 1 nitrogen and oxygen atoms in total. The Bertz CT molecular complexity index is 6.00. The van der Waals surface area contributed by atoms with Crippen molar-refractivity contribution >= 4 is 40.0 Å². The van der Waals surface area contributed by atoms with Crippen LogP contribution in [0, 0.1) is 0 Å². The summed E-state index contributed by atoms with van der Waals surface area (Å²) in [6.07, 6.45) is 0. The van der Waals surface area contributed by atoms with Crippen LogP contribution in [0.15, 0.2) is 0 Å². The van der Waals surface area contributed by atoms with Crippen LogP contribution >= 0.6 is 0 Å².